The number of fused-ring (bicyclic) bond motifs is 1. The maximum Gasteiger partial charge on any atom is 0.0948 e. The van der Waals surface area contributed by atoms with Gasteiger partial charge in [0.15, 0.2) is 0 Å². The average Bonchev–Trinajstić information content (AvgIpc) is 3.25. The summed E-state index contributed by atoms with van der Waals surface area (Å²) in [5.74, 6) is 0. The molecule has 5 rings (SSSR count). The molecule has 4 aromatic carbocycles. The maximum atomic E-state index is 3.99. The molecule has 0 fully saturated rings. The third-order valence-electron chi connectivity index (χ3n) is 6.33. The van der Waals surface area contributed by atoms with Crippen LogP contribution in [-0.2, 0) is 12.0 Å². The molecule has 0 radical (unpaired) electrons. The second-order valence-electron chi connectivity index (χ2n) is 8.39. The third kappa shape index (κ3) is 3.74. The van der Waals surface area contributed by atoms with Crippen molar-refractivity contribution in [3.05, 3.63) is 143 Å². The van der Waals surface area contributed by atoms with Crippen molar-refractivity contribution in [2.24, 2.45) is 0 Å². The summed E-state index contributed by atoms with van der Waals surface area (Å²) < 4.78 is 0. The van der Waals surface area contributed by atoms with Gasteiger partial charge in [0.1, 0.15) is 0 Å². The topological polar surface area (TPSA) is 27.8 Å². The molecule has 32 heavy (non-hydrogen) atoms. The van der Waals surface area contributed by atoms with Crippen LogP contribution >= 0.6 is 0 Å². The molecule has 0 aliphatic rings. The Bertz CT molecular complexity index is 1190. The lowest BCUT2D eigenvalue weighted by molar-refractivity contribution is 0.476. The van der Waals surface area contributed by atoms with E-state index >= 15 is 0 Å². The molecule has 2 N–H and O–H groups in total. The van der Waals surface area contributed by atoms with E-state index in [9.17, 15) is 0 Å². The van der Waals surface area contributed by atoms with Crippen LogP contribution in [0.4, 0.5) is 0 Å². The smallest absolute Gasteiger partial charge is 0.0948 e. The Morgan fingerprint density at radius 2 is 1.22 bits per heavy atom. The highest BCUT2D eigenvalue weighted by molar-refractivity contribution is 5.83. The van der Waals surface area contributed by atoms with Gasteiger partial charge >= 0.3 is 0 Å². The zero-order valence-electron chi connectivity index (χ0n) is 18.4. The van der Waals surface area contributed by atoms with Gasteiger partial charge in [-0.2, -0.15) is 0 Å². The first kappa shape index (κ1) is 20.3. The van der Waals surface area contributed by atoms with Crippen molar-refractivity contribution in [3.8, 4) is 0 Å². The quantitative estimate of drug-likeness (QED) is 0.287. The summed E-state index contributed by atoms with van der Waals surface area (Å²) in [5, 5.41) is 5.30. The number of nitrogens with one attached hydrogen (secondary N) is 2. The minimum atomic E-state index is -0.425. The Kier molecular flexibility index (Phi) is 5.62. The van der Waals surface area contributed by atoms with Crippen LogP contribution in [0.2, 0.25) is 0 Å². The van der Waals surface area contributed by atoms with Crippen LogP contribution in [0.3, 0.4) is 0 Å². The lowest BCUT2D eigenvalue weighted by Gasteiger charge is -2.37. The van der Waals surface area contributed by atoms with E-state index in [0.717, 1.165) is 13.0 Å². The van der Waals surface area contributed by atoms with E-state index in [-0.39, 0.29) is 0 Å². The Morgan fingerprint density at radius 3 is 1.75 bits per heavy atom. The predicted molar refractivity (Wildman–Crippen MR) is 134 cm³/mol. The van der Waals surface area contributed by atoms with Crippen LogP contribution in [0.25, 0.3) is 10.9 Å². The lowest BCUT2D eigenvalue weighted by Crippen LogP contribution is -2.45. The number of aryl methyl sites for hydroxylation is 1. The molecular formula is C30H28N2. The fraction of sp³-hybridized carbons (Fsp3) is 0.133. The van der Waals surface area contributed by atoms with Gasteiger partial charge in [-0.15, -0.1) is 0 Å². The van der Waals surface area contributed by atoms with Crippen LogP contribution in [0.1, 0.15) is 27.8 Å². The summed E-state index contributed by atoms with van der Waals surface area (Å²) in [6.07, 6.45) is 3.10. The van der Waals surface area contributed by atoms with Crippen molar-refractivity contribution in [2.45, 2.75) is 18.9 Å². The normalized spacial score (nSPS) is 11.7. The van der Waals surface area contributed by atoms with E-state index in [2.05, 4.69) is 133 Å². The number of aromatic amines is 1. The molecule has 0 atom stereocenters. The van der Waals surface area contributed by atoms with Gasteiger partial charge in [-0.3, -0.25) is 5.32 Å². The first-order chi connectivity index (χ1) is 15.8. The predicted octanol–water partition coefficient (Wildman–Crippen LogP) is 6.60. The summed E-state index contributed by atoms with van der Waals surface area (Å²) in [6.45, 7) is 3.00. The van der Waals surface area contributed by atoms with Gasteiger partial charge in [0.25, 0.3) is 0 Å². The van der Waals surface area contributed by atoms with Crippen molar-refractivity contribution in [1.82, 2.24) is 10.3 Å². The van der Waals surface area contributed by atoms with Crippen LogP contribution in [0.5, 0.6) is 0 Å². The summed E-state index contributed by atoms with van der Waals surface area (Å²) in [7, 11) is 0. The zero-order valence-corrected chi connectivity index (χ0v) is 18.4. The average molecular weight is 417 g/mol. The first-order valence-corrected chi connectivity index (χ1v) is 11.3. The van der Waals surface area contributed by atoms with Crippen molar-refractivity contribution in [2.75, 3.05) is 6.54 Å². The third-order valence-corrected chi connectivity index (χ3v) is 6.33. The van der Waals surface area contributed by atoms with Gasteiger partial charge in [-0.25, -0.2) is 0 Å². The summed E-state index contributed by atoms with van der Waals surface area (Å²) in [5.41, 5.74) is 7.14. The van der Waals surface area contributed by atoms with Crippen molar-refractivity contribution < 1.29 is 0 Å². The number of H-pyrrole nitrogens is 1. The molecule has 0 aliphatic heterocycles. The second kappa shape index (κ2) is 8.86. The van der Waals surface area contributed by atoms with Gasteiger partial charge < -0.3 is 4.98 Å². The van der Waals surface area contributed by atoms with Crippen LogP contribution in [0.15, 0.2) is 115 Å². The molecule has 5 aromatic rings. The molecule has 1 aromatic heterocycles. The van der Waals surface area contributed by atoms with E-state index in [1.807, 2.05) is 0 Å². The molecule has 158 valence electrons. The minimum Gasteiger partial charge on any atom is -0.361 e. The standard InChI is InChI=1S/C30H28N2/c1-23-17-18-29-28(21-23)24(22-31-29)19-20-32-30(25-11-5-2-6-12-25,26-13-7-3-8-14-26)27-15-9-4-10-16-27/h2-18,21-22,31-32H,19-20H2,1H3. The molecule has 0 spiro atoms. The molecule has 1 heterocycles. The van der Waals surface area contributed by atoms with Gasteiger partial charge in [-0.05, 0) is 47.7 Å². The van der Waals surface area contributed by atoms with Crippen LogP contribution < -0.4 is 5.32 Å². The highest BCUT2D eigenvalue weighted by Crippen LogP contribution is 2.36. The van der Waals surface area contributed by atoms with Gasteiger partial charge in [0.2, 0.25) is 0 Å². The van der Waals surface area contributed by atoms with E-state index in [1.165, 1.54) is 38.7 Å². The highest BCUT2D eigenvalue weighted by atomic mass is 15.0. The van der Waals surface area contributed by atoms with Gasteiger partial charge in [0.05, 0.1) is 5.54 Å². The largest absolute Gasteiger partial charge is 0.361 e. The van der Waals surface area contributed by atoms with Crippen LogP contribution in [-0.4, -0.2) is 11.5 Å². The molecule has 0 saturated heterocycles. The molecule has 0 saturated carbocycles. The van der Waals surface area contributed by atoms with Crippen molar-refractivity contribution in [1.29, 1.82) is 0 Å². The molecular weight excluding hydrogens is 388 g/mol. The van der Waals surface area contributed by atoms with E-state index in [1.54, 1.807) is 0 Å². The first-order valence-electron chi connectivity index (χ1n) is 11.3. The fourth-order valence-electron chi connectivity index (χ4n) is 4.75. The molecule has 2 nitrogen and oxygen atoms in total. The Balaban J connectivity index is 1.56. The second-order valence-corrected chi connectivity index (χ2v) is 8.39. The van der Waals surface area contributed by atoms with E-state index < -0.39 is 5.54 Å². The molecule has 0 bridgehead atoms. The zero-order chi connectivity index (χ0) is 21.8. The molecule has 0 aliphatic carbocycles. The monoisotopic (exact) mass is 416 g/mol. The summed E-state index contributed by atoms with van der Waals surface area (Å²) in [4.78, 5) is 3.43. The van der Waals surface area contributed by atoms with Crippen LogP contribution in [0, 0.1) is 6.92 Å². The number of hydrogen-bond donors (Lipinski definition) is 2. The molecule has 2 heteroatoms. The number of aromatic nitrogens is 1. The Labute approximate surface area is 190 Å². The van der Waals surface area contributed by atoms with Gasteiger partial charge in [0, 0.05) is 23.6 Å². The fourth-order valence-corrected chi connectivity index (χ4v) is 4.75. The number of rotatable bonds is 7. The minimum absolute atomic E-state index is 0.425. The number of hydrogen-bond acceptors (Lipinski definition) is 1. The van der Waals surface area contributed by atoms with Gasteiger partial charge in [-0.1, -0.05) is 103 Å². The van der Waals surface area contributed by atoms with Crippen molar-refractivity contribution >= 4 is 10.9 Å². The lowest BCUT2D eigenvalue weighted by atomic mass is 9.77. The Morgan fingerprint density at radius 1 is 0.688 bits per heavy atom. The summed E-state index contributed by atoms with van der Waals surface area (Å²) >= 11 is 0. The molecule has 0 unspecified atom stereocenters. The van der Waals surface area contributed by atoms with E-state index in [0.29, 0.717) is 0 Å². The van der Waals surface area contributed by atoms with Crippen molar-refractivity contribution in [3.63, 3.8) is 0 Å². The molecule has 0 amide bonds. The SMILES string of the molecule is Cc1ccc2[nH]cc(CCNC(c3ccccc3)(c3ccccc3)c3ccccc3)c2c1. The maximum absolute atomic E-state index is 3.99. The summed E-state index contributed by atoms with van der Waals surface area (Å²) in [6, 6.07) is 38.9. The Hall–Kier alpha value is -3.62. The number of benzene rings is 4. The van der Waals surface area contributed by atoms with E-state index in [4.69, 9.17) is 0 Å². The highest BCUT2D eigenvalue weighted by Gasteiger charge is 2.35.